The number of carboxylic acid groups (broad SMARTS) is 1. The fraction of sp³-hybridized carbons (Fsp3) is 0.579. The summed E-state index contributed by atoms with van der Waals surface area (Å²) in [5, 5.41) is 12.3. The van der Waals surface area contributed by atoms with Crippen molar-refractivity contribution < 1.29 is 19.4 Å². The first-order chi connectivity index (χ1) is 11.5. The summed E-state index contributed by atoms with van der Waals surface area (Å²) in [7, 11) is 0. The smallest absolute Gasteiger partial charge is 0.311 e. The highest BCUT2D eigenvalue weighted by Crippen LogP contribution is 2.30. The molecule has 5 nitrogen and oxygen atoms in total. The van der Waals surface area contributed by atoms with Gasteiger partial charge in [0.15, 0.2) is 0 Å². The van der Waals surface area contributed by atoms with Gasteiger partial charge in [0.05, 0.1) is 5.41 Å². The first-order valence-corrected chi connectivity index (χ1v) is 8.66. The Hall–Kier alpha value is -1.88. The number of aryl methyl sites for hydroxylation is 1. The average molecular weight is 333 g/mol. The Bertz CT molecular complexity index is 538. The van der Waals surface area contributed by atoms with Gasteiger partial charge in [-0.05, 0) is 37.7 Å². The predicted molar refractivity (Wildman–Crippen MR) is 91.7 cm³/mol. The Morgan fingerprint density at radius 1 is 1.25 bits per heavy atom. The van der Waals surface area contributed by atoms with Crippen molar-refractivity contribution in [2.45, 2.75) is 39.0 Å². The Kier molecular flexibility index (Phi) is 6.79. The highest BCUT2D eigenvalue weighted by atomic mass is 16.5. The van der Waals surface area contributed by atoms with Gasteiger partial charge in [-0.15, -0.1) is 0 Å². The molecule has 1 amide bonds. The van der Waals surface area contributed by atoms with E-state index in [1.165, 1.54) is 5.56 Å². The summed E-state index contributed by atoms with van der Waals surface area (Å²) >= 11 is 0. The van der Waals surface area contributed by atoms with Crippen LogP contribution in [0, 0.1) is 11.3 Å². The van der Waals surface area contributed by atoms with E-state index in [2.05, 4.69) is 17.4 Å². The first-order valence-electron chi connectivity index (χ1n) is 8.66. The lowest BCUT2D eigenvalue weighted by atomic mass is 9.80. The van der Waals surface area contributed by atoms with Crippen molar-refractivity contribution in [1.82, 2.24) is 5.32 Å². The van der Waals surface area contributed by atoms with E-state index in [1.807, 2.05) is 25.1 Å². The summed E-state index contributed by atoms with van der Waals surface area (Å²) in [6, 6.07) is 10.2. The predicted octanol–water partition coefficient (Wildman–Crippen LogP) is 2.64. The molecule has 0 saturated carbocycles. The zero-order chi connectivity index (χ0) is 17.4. The van der Waals surface area contributed by atoms with E-state index < -0.39 is 11.4 Å². The van der Waals surface area contributed by atoms with Gasteiger partial charge in [-0.1, -0.05) is 37.3 Å². The topological polar surface area (TPSA) is 75.6 Å². The Labute approximate surface area is 143 Å². The number of rotatable bonds is 8. The molecule has 1 fully saturated rings. The van der Waals surface area contributed by atoms with Crippen LogP contribution in [0.1, 0.15) is 38.2 Å². The summed E-state index contributed by atoms with van der Waals surface area (Å²) in [6.07, 6.45) is 3.59. The van der Waals surface area contributed by atoms with E-state index >= 15 is 0 Å². The molecule has 0 bridgehead atoms. The van der Waals surface area contributed by atoms with Gasteiger partial charge in [-0.25, -0.2) is 0 Å². The number of hydrogen-bond acceptors (Lipinski definition) is 3. The van der Waals surface area contributed by atoms with E-state index in [0.717, 1.165) is 19.3 Å². The van der Waals surface area contributed by atoms with Crippen LogP contribution in [0.25, 0.3) is 0 Å². The number of carboxylic acids is 1. The van der Waals surface area contributed by atoms with Crippen molar-refractivity contribution >= 4 is 11.9 Å². The van der Waals surface area contributed by atoms with Gasteiger partial charge >= 0.3 is 5.97 Å². The van der Waals surface area contributed by atoms with E-state index in [4.69, 9.17) is 4.74 Å². The number of amides is 1. The molecule has 1 aliphatic rings. The Balaban J connectivity index is 1.75. The maximum absolute atomic E-state index is 12.3. The molecule has 0 spiro atoms. The van der Waals surface area contributed by atoms with Crippen molar-refractivity contribution in [1.29, 1.82) is 0 Å². The van der Waals surface area contributed by atoms with E-state index in [1.54, 1.807) is 0 Å². The Morgan fingerprint density at radius 2 is 1.92 bits per heavy atom. The molecule has 2 rings (SSSR count). The van der Waals surface area contributed by atoms with Crippen LogP contribution in [0.15, 0.2) is 30.3 Å². The van der Waals surface area contributed by atoms with Gasteiger partial charge in [-0.2, -0.15) is 0 Å². The summed E-state index contributed by atoms with van der Waals surface area (Å²) in [4.78, 5) is 23.8. The minimum absolute atomic E-state index is 0.0600. The highest BCUT2D eigenvalue weighted by molar-refractivity contribution is 5.80. The number of aliphatic carboxylic acids is 1. The molecule has 1 atom stereocenters. The second-order valence-corrected chi connectivity index (χ2v) is 6.69. The molecule has 1 aromatic rings. The van der Waals surface area contributed by atoms with Crippen molar-refractivity contribution in [2.24, 2.45) is 11.3 Å². The molecule has 132 valence electrons. The molecule has 1 aromatic carbocycles. The van der Waals surface area contributed by atoms with Gasteiger partial charge in [-0.3, -0.25) is 9.59 Å². The average Bonchev–Trinajstić information content (AvgIpc) is 2.61. The van der Waals surface area contributed by atoms with Gasteiger partial charge in [0.25, 0.3) is 0 Å². The summed E-state index contributed by atoms with van der Waals surface area (Å²) in [6.45, 7) is 2.97. The molecule has 0 aliphatic carbocycles. The highest BCUT2D eigenvalue weighted by Gasteiger charge is 2.40. The van der Waals surface area contributed by atoms with Crippen LogP contribution in [0.2, 0.25) is 0 Å². The standard InChI is InChI=1S/C19H27NO4/c1-15(6-5-9-16-7-3-2-4-8-16)17(21)20-14-19(18(22)23)10-12-24-13-11-19/h2-4,7-8,15H,5-6,9-14H2,1H3,(H,20,21)(H,22,23). The minimum Gasteiger partial charge on any atom is -0.481 e. The van der Waals surface area contributed by atoms with Gasteiger partial charge in [0, 0.05) is 25.7 Å². The molecule has 1 saturated heterocycles. The monoisotopic (exact) mass is 333 g/mol. The van der Waals surface area contributed by atoms with Crippen LogP contribution in [0.5, 0.6) is 0 Å². The van der Waals surface area contributed by atoms with Crippen molar-refractivity contribution in [3.63, 3.8) is 0 Å². The third-order valence-electron chi connectivity index (χ3n) is 4.90. The number of ether oxygens (including phenoxy) is 1. The van der Waals surface area contributed by atoms with Crippen molar-refractivity contribution in [3.8, 4) is 0 Å². The second kappa shape index (κ2) is 8.83. The van der Waals surface area contributed by atoms with Crippen LogP contribution in [-0.2, 0) is 20.7 Å². The Morgan fingerprint density at radius 3 is 2.54 bits per heavy atom. The normalized spacial score (nSPS) is 17.9. The molecular formula is C19H27NO4. The van der Waals surface area contributed by atoms with Gasteiger partial charge in [0.1, 0.15) is 0 Å². The number of carbonyl (C=O) groups excluding carboxylic acids is 1. The lowest BCUT2D eigenvalue weighted by Gasteiger charge is -2.33. The molecule has 1 aliphatic heterocycles. The summed E-state index contributed by atoms with van der Waals surface area (Å²) in [5.41, 5.74) is 0.398. The lowest BCUT2D eigenvalue weighted by Crippen LogP contribution is -2.47. The van der Waals surface area contributed by atoms with Crippen LogP contribution in [-0.4, -0.2) is 36.7 Å². The molecule has 0 aromatic heterocycles. The minimum atomic E-state index is -0.877. The maximum atomic E-state index is 12.3. The number of carbonyl (C=O) groups is 2. The molecule has 24 heavy (non-hydrogen) atoms. The van der Waals surface area contributed by atoms with Crippen LogP contribution in [0.3, 0.4) is 0 Å². The molecule has 1 heterocycles. The van der Waals surface area contributed by atoms with E-state index in [-0.39, 0.29) is 18.4 Å². The third kappa shape index (κ3) is 5.06. The van der Waals surface area contributed by atoms with Crippen LogP contribution >= 0.6 is 0 Å². The largest absolute Gasteiger partial charge is 0.481 e. The third-order valence-corrected chi connectivity index (χ3v) is 4.90. The zero-order valence-corrected chi connectivity index (χ0v) is 14.3. The number of benzene rings is 1. The van der Waals surface area contributed by atoms with Gasteiger partial charge in [0.2, 0.25) is 5.91 Å². The summed E-state index contributed by atoms with van der Waals surface area (Å²) in [5.74, 6) is -1.02. The first kappa shape index (κ1) is 18.5. The maximum Gasteiger partial charge on any atom is 0.311 e. The molecule has 0 radical (unpaired) electrons. The number of nitrogens with one attached hydrogen (secondary N) is 1. The second-order valence-electron chi connectivity index (χ2n) is 6.69. The SMILES string of the molecule is CC(CCCc1ccccc1)C(=O)NCC1(C(=O)O)CCOCC1. The number of hydrogen-bond donors (Lipinski definition) is 2. The van der Waals surface area contributed by atoms with Gasteiger partial charge < -0.3 is 15.2 Å². The molecule has 1 unspecified atom stereocenters. The van der Waals surface area contributed by atoms with Crippen LogP contribution in [0.4, 0.5) is 0 Å². The molecule has 5 heteroatoms. The fourth-order valence-corrected chi connectivity index (χ4v) is 3.05. The molecular weight excluding hydrogens is 306 g/mol. The van der Waals surface area contributed by atoms with Crippen LogP contribution < -0.4 is 5.32 Å². The zero-order valence-electron chi connectivity index (χ0n) is 14.3. The van der Waals surface area contributed by atoms with E-state index in [9.17, 15) is 14.7 Å². The lowest BCUT2D eigenvalue weighted by molar-refractivity contribution is -0.154. The summed E-state index contributed by atoms with van der Waals surface area (Å²) < 4.78 is 5.25. The molecule has 2 N–H and O–H groups in total. The quantitative estimate of drug-likeness (QED) is 0.767. The van der Waals surface area contributed by atoms with E-state index in [0.29, 0.717) is 26.1 Å². The van der Waals surface area contributed by atoms with Crippen molar-refractivity contribution in [3.05, 3.63) is 35.9 Å². The fourth-order valence-electron chi connectivity index (χ4n) is 3.05. The van der Waals surface area contributed by atoms with Crippen molar-refractivity contribution in [2.75, 3.05) is 19.8 Å².